The number of piperazine rings is 1. The number of carbonyl (C=O) groups is 1. The SMILES string of the molecule is Cc1cc(C)n(CCN2CCN(C(=O)CC(c3ccccc3)c3ccccc3)CC2)n1. The molecular formula is C26H32N4O. The summed E-state index contributed by atoms with van der Waals surface area (Å²) in [6.45, 7) is 9.45. The van der Waals surface area contributed by atoms with Gasteiger partial charge in [-0.1, -0.05) is 60.7 Å². The fraction of sp³-hybridized carbons (Fsp3) is 0.385. The highest BCUT2D eigenvalue weighted by atomic mass is 16.2. The number of hydrogen-bond donors (Lipinski definition) is 0. The van der Waals surface area contributed by atoms with Crippen LogP contribution in [0, 0.1) is 13.8 Å². The summed E-state index contributed by atoms with van der Waals surface area (Å²) in [5.74, 6) is 0.342. The van der Waals surface area contributed by atoms with Crippen molar-refractivity contribution in [2.75, 3.05) is 32.7 Å². The molecule has 1 fully saturated rings. The van der Waals surface area contributed by atoms with Crippen molar-refractivity contribution in [2.45, 2.75) is 32.7 Å². The Balaban J connectivity index is 1.33. The molecule has 1 aromatic heterocycles. The first-order chi connectivity index (χ1) is 15.1. The average molecular weight is 417 g/mol. The third-order valence-corrected chi connectivity index (χ3v) is 6.24. The van der Waals surface area contributed by atoms with E-state index in [4.69, 9.17) is 0 Å². The van der Waals surface area contributed by atoms with Crippen LogP contribution in [0.1, 0.15) is 34.9 Å². The molecule has 31 heavy (non-hydrogen) atoms. The summed E-state index contributed by atoms with van der Waals surface area (Å²) in [6.07, 6.45) is 0.514. The molecule has 4 rings (SSSR count). The van der Waals surface area contributed by atoms with Crippen molar-refractivity contribution in [1.82, 2.24) is 19.6 Å². The first-order valence-corrected chi connectivity index (χ1v) is 11.2. The smallest absolute Gasteiger partial charge is 0.223 e. The van der Waals surface area contributed by atoms with Crippen LogP contribution < -0.4 is 0 Å². The van der Waals surface area contributed by atoms with Gasteiger partial charge in [-0.15, -0.1) is 0 Å². The second-order valence-corrected chi connectivity index (χ2v) is 8.45. The molecule has 1 aliphatic rings. The quantitative estimate of drug-likeness (QED) is 0.587. The number of hydrogen-bond acceptors (Lipinski definition) is 3. The van der Waals surface area contributed by atoms with Crippen molar-refractivity contribution >= 4 is 5.91 Å². The number of benzene rings is 2. The Morgan fingerprint density at radius 3 is 1.97 bits per heavy atom. The van der Waals surface area contributed by atoms with Crippen LogP contribution in [0.2, 0.25) is 0 Å². The zero-order chi connectivity index (χ0) is 21.6. The minimum absolute atomic E-state index is 0.0963. The monoisotopic (exact) mass is 416 g/mol. The highest BCUT2D eigenvalue weighted by molar-refractivity contribution is 5.78. The molecule has 1 aliphatic heterocycles. The lowest BCUT2D eigenvalue weighted by Crippen LogP contribution is -2.49. The van der Waals surface area contributed by atoms with E-state index in [1.165, 1.54) is 16.8 Å². The Morgan fingerprint density at radius 2 is 1.45 bits per heavy atom. The molecule has 0 atom stereocenters. The summed E-state index contributed by atoms with van der Waals surface area (Å²) in [7, 11) is 0. The van der Waals surface area contributed by atoms with Crippen LogP contribution >= 0.6 is 0 Å². The van der Waals surface area contributed by atoms with Gasteiger partial charge in [0.15, 0.2) is 0 Å². The van der Waals surface area contributed by atoms with E-state index in [-0.39, 0.29) is 11.8 Å². The standard InChI is InChI=1S/C26H32N4O/c1-21-19-22(2)30(27-21)18-15-28-13-16-29(17-14-28)26(31)20-25(23-9-5-3-6-10-23)24-11-7-4-8-12-24/h3-12,19,25H,13-18,20H2,1-2H3. The van der Waals surface area contributed by atoms with E-state index in [9.17, 15) is 4.79 Å². The van der Waals surface area contributed by atoms with Crippen molar-refractivity contribution in [3.63, 3.8) is 0 Å². The van der Waals surface area contributed by atoms with Gasteiger partial charge < -0.3 is 4.90 Å². The predicted octanol–water partition coefficient (Wildman–Crippen LogP) is 3.87. The Kier molecular flexibility index (Phi) is 6.82. The Bertz CT molecular complexity index is 936. The molecule has 0 spiro atoms. The maximum absolute atomic E-state index is 13.2. The molecule has 0 saturated carbocycles. The van der Waals surface area contributed by atoms with E-state index < -0.39 is 0 Å². The lowest BCUT2D eigenvalue weighted by atomic mass is 9.88. The largest absolute Gasteiger partial charge is 0.340 e. The first kappa shape index (κ1) is 21.3. The summed E-state index contributed by atoms with van der Waals surface area (Å²) in [4.78, 5) is 17.7. The van der Waals surface area contributed by atoms with E-state index in [0.717, 1.165) is 45.0 Å². The van der Waals surface area contributed by atoms with Crippen molar-refractivity contribution in [1.29, 1.82) is 0 Å². The van der Waals surface area contributed by atoms with Gasteiger partial charge in [0.25, 0.3) is 0 Å². The molecule has 0 radical (unpaired) electrons. The van der Waals surface area contributed by atoms with E-state index in [1.54, 1.807) is 0 Å². The van der Waals surface area contributed by atoms with Crippen molar-refractivity contribution in [3.8, 4) is 0 Å². The number of amides is 1. The van der Waals surface area contributed by atoms with Gasteiger partial charge in [0.1, 0.15) is 0 Å². The second-order valence-electron chi connectivity index (χ2n) is 8.45. The Hall–Kier alpha value is -2.92. The molecule has 5 nitrogen and oxygen atoms in total. The third kappa shape index (κ3) is 5.42. The van der Waals surface area contributed by atoms with Crippen LogP contribution in [0.5, 0.6) is 0 Å². The highest BCUT2D eigenvalue weighted by Crippen LogP contribution is 2.28. The molecule has 1 saturated heterocycles. The minimum Gasteiger partial charge on any atom is -0.340 e. The summed E-state index contributed by atoms with van der Waals surface area (Å²) in [5.41, 5.74) is 4.68. The summed E-state index contributed by atoms with van der Waals surface area (Å²) < 4.78 is 2.08. The van der Waals surface area contributed by atoms with E-state index in [2.05, 4.69) is 76.2 Å². The fourth-order valence-electron chi connectivity index (χ4n) is 4.46. The second kappa shape index (κ2) is 9.92. The van der Waals surface area contributed by atoms with Gasteiger partial charge in [-0.3, -0.25) is 14.4 Å². The number of aromatic nitrogens is 2. The van der Waals surface area contributed by atoms with Gasteiger partial charge in [-0.25, -0.2) is 0 Å². The fourth-order valence-corrected chi connectivity index (χ4v) is 4.46. The average Bonchev–Trinajstić information content (AvgIpc) is 3.14. The molecule has 162 valence electrons. The molecule has 3 aromatic rings. The molecule has 2 heterocycles. The zero-order valence-corrected chi connectivity index (χ0v) is 18.6. The van der Waals surface area contributed by atoms with Gasteiger partial charge in [-0.2, -0.15) is 5.10 Å². The van der Waals surface area contributed by atoms with Crippen LogP contribution in [0.15, 0.2) is 66.7 Å². The molecule has 0 N–H and O–H groups in total. The van der Waals surface area contributed by atoms with Crippen LogP contribution in [0.25, 0.3) is 0 Å². The Labute approximate surface area is 185 Å². The van der Waals surface area contributed by atoms with E-state index >= 15 is 0 Å². The molecular weight excluding hydrogens is 384 g/mol. The summed E-state index contributed by atoms with van der Waals surface area (Å²) in [5, 5.41) is 4.55. The van der Waals surface area contributed by atoms with Crippen LogP contribution in [0.4, 0.5) is 0 Å². The van der Waals surface area contributed by atoms with E-state index in [0.29, 0.717) is 6.42 Å². The predicted molar refractivity (Wildman–Crippen MR) is 124 cm³/mol. The number of rotatable bonds is 7. The van der Waals surface area contributed by atoms with Gasteiger partial charge in [-0.05, 0) is 31.0 Å². The lowest BCUT2D eigenvalue weighted by molar-refractivity contribution is -0.133. The van der Waals surface area contributed by atoms with Crippen molar-refractivity contribution in [2.24, 2.45) is 0 Å². The lowest BCUT2D eigenvalue weighted by Gasteiger charge is -2.35. The van der Waals surface area contributed by atoms with Crippen LogP contribution in [0.3, 0.4) is 0 Å². The summed E-state index contributed by atoms with van der Waals surface area (Å²) >= 11 is 0. The minimum atomic E-state index is 0.0963. The molecule has 0 aliphatic carbocycles. The van der Waals surface area contributed by atoms with Crippen molar-refractivity contribution < 1.29 is 4.79 Å². The third-order valence-electron chi connectivity index (χ3n) is 6.24. The first-order valence-electron chi connectivity index (χ1n) is 11.2. The van der Waals surface area contributed by atoms with Crippen LogP contribution in [-0.2, 0) is 11.3 Å². The van der Waals surface area contributed by atoms with Gasteiger partial charge in [0.05, 0.1) is 12.2 Å². The summed E-state index contributed by atoms with van der Waals surface area (Å²) in [6, 6.07) is 22.9. The molecule has 2 aromatic carbocycles. The van der Waals surface area contributed by atoms with Crippen LogP contribution in [-0.4, -0.2) is 58.2 Å². The molecule has 1 amide bonds. The van der Waals surface area contributed by atoms with Gasteiger partial charge in [0, 0.05) is 50.8 Å². The maximum Gasteiger partial charge on any atom is 0.223 e. The Morgan fingerprint density at radius 1 is 0.871 bits per heavy atom. The number of aryl methyl sites for hydroxylation is 2. The van der Waals surface area contributed by atoms with E-state index in [1.807, 2.05) is 24.0 Å². The van der Waals surface area contributed by atoms with Gasteiger partial charge >= 0.3 is 0 Å². The van der Waals surface area contributed by atoms with Crippen molar-refractivity contribution in [3.05, 3.63) is 89.2 Å². The molecule has 0 unspecified atom stereocenters. The molecule has 5 heteroatoms. The number of nitrogens with zero attached hydrogens (tertiary/aromatic N) is 4. The highest BCUT2D eigenvalue weighted by Gasteiger charge is 2.25. The topological polar surface area (TPSA) is 41.4 Å². The zero-order valence-electron chi connectivity index (χ0n) is 18.6. The normalized spacial score (nSPS) is 14.9. The maximum atomic E-state index is 13.2. The van der Waals surface area contributed by atoms with Gasteiger partial charge in [0.2, 0.25) is 5.91 Å². The number of carbonyl (C=O) groups excluding carboxylic acids is 1. The molecule has 0 bridgehead atoms.